The van der Waals surface area contributed by atoms with Gasteiger partial charge in [-0.15, -0.1) is 0 Å². The number of hydrogen-bond donors (Lipinski definition) is 4. The van der Waals surface area contributed by atoms with Crippen molar-refractivity contribution in [3.63, 3.8) is 0 Å². The van der Waals surface area contributed by atoms with E-state index < -0.39 is 12.0 Å². The van der Waals surface area contributed by atoms with Crippen molar-refractivity contribution < 1.29 is 14.7 Å². The van der Waals surface area contributed by atoms with Gasteiger partial charge in [0.1, 0.15) is 6.04 Å². The zero-order chi connectivity index (χ0) is 18.9. The van der Waals surface area contributed by atoms with Gasteiger partial charge in [-0.2, -0.15) is 0 Å². The average molecular weight is 380 g/mol. The molecule has 0 spiro atoms. The third-order valence-electron chi connectivity index (χ3n) is 4.09. The van der Waals surface area contributed by atoms with Gasteiger partial charge in [-0.1, -0.05) is 58.3 Å². The van der Waals surface area contributed by atoms with Crippen LogP contribution in [0.4, 0.5) is 0 Å². The molecule has 7 nitrogen and oxygen atoms in total. The molecule has 0 aliphatic carbocycles. The number of guanidine groups is 1. The average Bonchev–Trinajstić information content (AvgIpc) is 2.55. The summed E-state index contributed by atoms with van der Waals surface area (Å²) in [6, 6.07) is -0.875. The number of carbonyl (C=O) groups is 2. The van der Waals surface area contributed by atoms with Crippen LogP contribution < -0.4 is 16.8 Å². The van der Waals surface area contributed by atoms with Gasteiger partial charge in [0.05, 0.1) is 0 Å². The van der Waals surface area contributed by atoms with Crippen molar-refractivity contribution in [1.29, 1.82) is 0 Å². The Labute approximate surface area is 180 Å². The molecule has 0 rings (SSSR count). The number of nitrogens with two attached hydrogens (primary N) is 2. The third kappa shape index (κ3) is 18.0. The number of aliphatic carboxylic acids is 1. The van der Waals surface area contributed by atoms with E-state index in [9.17, 15) is 9.59 Å². The molecule has 6 N–H and O–H groups in total. The molecule has 147 valence electrons. The van der Waals surface area contributed by atoms with Crippen LogP contribution in [0.2, 0.25) is 0 Å². The van der Waals surface area contributed by atoms with Crippen LogP contribution >= 0.6 is 0 Å². The van der Waals surface area contributed by atoms with E-state index in [0.29, 0.717) is 25.8 Å². The van der Waals surface area contributed by atoms with Crippen molar-refractivity contribution in [1.82, 2.24) is 5.32 Å². The molecule has 0 aromatic carbocycles. The van der Waals surface area contributed by atoms with Gasteiger partial charge in [0, 0.05) is 42.5 Å². The van der Waals surface area contributed by atoms with E-state index >= 15 is 0 Å². The summed E-state index contributed by atoms with van der Waals surface area (Å²) in [6.45, 7) is 2.57. The Hall–Kier alpha value is -0.790. The molecule has 0 saturated heterocycles. The minimum atomic E-state index is -1.02. The Morgan fingerprint density at radius 1 is 0.962 bits per heavy atom. The molecule has 26 heavy (non-hydrogen) atoms. The monoisotopic (exact) mass is 379 g/mol. The second-order valence-corrected chi connectivity index (χ2v) is 6.49. The minimum Gasteiger partial charge on any atom is -0.480 e. The Morgan fingerprint density at radius 2 is 1.50 bits per heavy atom. The second kappa shape index (κ2) is 19.0. The fraction of sp³-hybridized carbons (Fsp3) is 0.833. The maximum Gasteiger partial charge on any atom is 0.326 e. The molecule has 0 aliphatic rings. The summed E-state index contributed by atoms with van der Waals surface area (Å²) in [6.07, 6.45) is 11.9. The number of aliphatic imine (C=N–C) groups is 1. The number of amides is 1. The van der Waals surface area contributed by atoms with E-state index in [-0.39, 0.29) is 41.4 Å². The molecule has 0 saturated carbocycles. The number of hydrogen-bond acceptors (Lipinski definition) is 3. The number of unbranched alkanes of at least 4 members (excludes halogenated alkanes) is 8. The molecule has 0 heterocycles. The van der Waals surface area contributed by atoms with E-state index in [2.05, 4.69) is 17.2 Å². The van der Waals surface area contributed by atoms with Crippen LogP contribution in [0.25, 0.3) is 0 Å². The van der Waals surface area contributed by atoms with Crippen LogP contribution in [0.1, 0.15) is 84.0 Å². The predicted octanol–water partition coefficient (Wildman–Crippen LogP) is 2.15. The van der Waals surface area contributed by atoms with Gasteiger partial charge in [0.25, 0.3) is 0 Å². The summed E-state index contributed by atoms with van der Waals surface area (Å²) in [4.78, 5) is 26.9. The number of nitrogens with zero attached hydrogens (tertiary/aromatic N) is 1. The summed E-state index contributed by atoms with van der Waals surface area (Å²) >= 11 is 0. The molecule has 0 bridgehead atoms. The van der Waals surface area contributed by atoms with Gasteiger partial charge >= 0.3 is 5.97 Å². The quantitative estimate of drug-likeness (QED) is 0.141. The van der Waals surface area contributed by atoms with E-state index in [0.717, 1.165) is 19.3 Å². The van der Waals surface area contributed by atoms with E-state index in [1.54, 1.807) is 0 Å². The molecule has 0 aliphatic heterocycles. The minimum absolute atomic E-state index is 0. The van der Waals surface area contributed by atoms with Gasteiger partial charge in [-0.3, -0.25) is 9.79 Å². The summed E-state index contributed by atoms with van der Waals surface area (Å²) in [5, 5.41) is 11.7. The standard InChI is InChI=1S/C18H36N4O3.Na/c1-2-3-4-5-6-7-8-9-10-13-16(23)22-15(17(24)25)12-11-14-21-18(19)20;/h15H,2-14H2,1H3,(H,22,23)(H,24,25)(H4,19,20,21);/t15-;/m0./s1. The zero-order valence-electron chi connectivity index (χ0n) is 16.6. The molecule has 0 aromatic rings. The van der Waals surface area contributed by atoms with Crippen LogP contribution in [0.3, 0.4) is 0 Å². The van der Waals surface area contributed by atoms with Crippen molar-refractivity contribution in [2.24, 2.45) is 16.5 Å². The van der Waals surface area contributed by atoms with Crippen LogP contribution in [0.5, 0.6) is 0 Å². The molecule has 1 radical (unpaired) electrons. The van der Waals surface area contributed by atoms with Gasteiger partial charge in [-0.05, 0) is 19.3 Å². The smallest absolute Gasteiger partial charge is 0.326 e. The van der Waals surface area contributed by atoms with Gasteiger partial charge in [0.2, 0.25) is 5.91 Å². The molecule has 0 aromatic heterocycles. The van der Waals surface area contributed by atoms with Crippen LogP contribution in [0.15, 0.2) is 4.99 Å². The molecule has 8 heteroatoms. The third-order valence-corrected chi connectivity index (χ3v) is 4.09. The van der Waals surface area contributed by atoms with Crippen molar-refractivity contribution in [3.05, 3.63) is 0 Å². The Balaban J connectivity index is 0. The van der Waals surface area contributed by atoms with Gasteiger partial charge in [0.15, 0.2) is 5.96 Å². The molecule has 1 atom stereocenters. The van der Waals surface area contributed by atoms with E-state index in [1.807, 2.05) is 0 Å². The number of nitrogens with one attached hydrogen (secondary N) is 1. The Morgan fingerprint density at radius 3 is 2.00 bits per heavy atom. The van der Waals surface area contributed by atoms with Crippen LogP contribution in [0, 0.1) is 0 Å². The number of carbonyl (C=O) groups excluding carboxylic acids is 1. The second-order valence-electron chi connectivity index (χ2n) is 6.49. The fourth-order valence-corrected chi connectivity index (χ4v) is 2.62. The SMILES string of the molecule is CCCCCCCCCCCC(=O)N[C@@H](CCCN=C(N)N)C(=O)O.[Na]. The normalized spacial score (nSPS) is 11.3. The van der Waals surface area contributed by atoms with E-state index in [1.165, 1.54) is 38.5 Å². The van der Waals surface area contributed by atoms with Crippen LogP contribution in [-0.2, 0) is 9.59 Å². The first-order chi connectivity index (χ1) is 12.0. The maximum atomic E-state index is 11.9. The first-order valence-electron chi connectivity index (χ1n) is 9.55. The van der Waals surface area contributed by atoms with Crippen molar-refractivity contribution in [3.8, 4) is 0 Å². The Kier molecular flexibility index (Phi) is 20.0. The van der Waals surface area contributed by atoms with Gasteiger partial charge in [-0.25, -0.2) is 4.79 Å². The number of carboxylic acids is 1. The number of carboxylic acid groups (broad SMARTS) is 1. The summed E-state index contributed by atoms with van der Waals surface area (Å²) < 4.78 is 0. The fourth-order valence-electron chi connectivity index (χ4n) is 2.62. The molecular formula is C18H36N4NaO3. The molecule has 0 unspecified atom stereocenters. The summed E-state index contributed by atoms with van der Waals surface area (Å²) in [7, 11) is 0. The molecule has 1 amide bonds. The summed E-state index contributed by atoms with van der Waals surface area (Å²) in [5.74, 6) is -1.23. The summed E-state index contributed by atoms with van der Waals surface area (Å²) in [5.41, 5.74) is 10.4. The van der Waals surface area contributed by atoms with Crippen LogP contribution in [-0.4, -0.2) is 65.1 Å². The Bertz CT molecular complexity index is 402. The molecular weight excluding hydrogens is 343 g/mol. The largest absolute Gasteiger partial charge is 0.480 e. The number of rotatable bonds is 16. The van der Waals surface area contributed by atoms with Crippen molar-refractivity contribution in [2.45, 2.75) is 90.0 Å². The maximum absolute atomic E-state index is 11.9. The van der Waals surface area contributed by atoms with Crippen molar-refractivity contribution in [2.75, 3.05) is 6.54 Å². The topological polar surface area (TPSA) is 131 Å². The molecule has 0 fully saturated rings. The zero-order valence-corrected chi connectivity index (χ0v) is 18.6. The predicted molar refractivity (Wildman–Crippen MR) is 107 cm³/mol. The van der Waals surface area contributed by atoms with Crippen molar-refractivity contribution >= 4 is 47.4 Å². The first-order valence-corrected chi connectivity index (χ1v) is 9.55. The first kappa shape index (κ1) is 27.4. The van der Waals surface area contributed by atoms with E-state index in [4.69, 9.17) is 16.6 Å². The van der Waals surface area contributed by atoms with Gasteiger partial charge < -0.3 is 21.9 Å².